The van der Waals surface area contributed by atoms with Gasteiger partial charge in [-0.15, -0.1) is 0 Å². The number of imidazole rings is 1. The Kier molecular flexibility index (Phi) is 2.78. The Labute approximate surface area is 111 Å². The SMILES string of the molecule is COC(=O)C1(C(N)c2ccc3nc[nH]c3c2)CCC1. The van der Waals surface area contributed by atoms with Gasteiger partial charge in [0.15, 0.2) is 0 Å². The number of H-pyrrole nitrogens is 1. The molecule has 0 radical (unpaired) electrons. The fourth-order valence-corrected chi connectivity index (χ4v) is 2.87. The number of hydrogen-bond donors (Lipinski definition) is 2. The van der Waals surface area contributed by atoms with E-state index in [0.717, 1.165) is 35.9 Å². The minimum Gasteiger partial charge on any atom is -0.469 e. The predicted octanol–water partition coefficient (Wildman–Crippen LogP) is 1.91. The maximum absolute atomic E-state index is 12.0. The van der Waals surface area contributed by atoms with Crippen LogP contribution in [0.15, 0.2) is 24.5 Å². The highest BCUT2D eigenvalue weighted by Crippen LogP contribution is 2.50. The van der Waals surface area contributed by atoms with Gasteiger partial charge in [-0.1, -0.05) is 12.5 Å². The Balaban J connectivity index is 1.97. The molecule has 0 bridgehead atoms. The van der Waals surface area contributed by atoms with E-state index < -0.39 is 5.41 Å². The summed E-state index contributed by atoms with van der Waals surface area (Å²) in [6, 6.07) is 5.50. The molecule has 1 unspecified atom stereocenters. The van der Waals surface area contributed by atoms with Crippen molar-refractivity contribution in [1.82, 2.24) is 9.97 Å². The maximum atomic E-state index is 12.0. The van der Waals surface area contributed by atoms with Crippen molar-refractivity contribution in [3.05, 3.63) is 30.1 Å². The van der Waals surface area contributed by atoms with E-state index in [9.17, 15) is 4.79 Å². The molecule has 1 atom stereocenters. The van der Waals surface area contributed by atoms with E-state index in [1.807, 2.05) is 18.2 Å². The molecule has 1 heterocycles. The highest BCUT2D eigenvalue weighted by Gasteiger charge is 2.50. The summed E-state index contributed by atoms with van der Waals surface area (Å²) in [6.07, 6.45) is 4.26. The highest BCUT2D eigenvalue weighted by atomic mass is 16.5. The number of esters is 1. The van der Waals surface area contributed by atoms with E-state index in [4.69, 9.17) is 10.5 Å². The van der Waals surface area contributed by atoms with Crippen LogP contribution in [0.2, 0.25) is 0 Å². The first-order chi connectivity index (χ1) is 9.17. The summed E-state index contributed by atoms with van der Waals surface area (Å²) < 4.78 is 4.93. The van der Waals surface area contributed by atoms with Crippen LogP contribution in [-0.2, 0) is 9.53 Å². The second-order valence-corrected chi connectivity index (χ2v) is 5.16. The lowest BCUT2D eigenvalue weighted by molar-refractivity contribution is -0.160. The third-order valence-corrected chi connectivity index (χ3v) is 4.24. The fourth-order valence-electron chi connectivity index (χ4n) is 2.87. The summed E-state index contributed by atoms with van der Waals surface area (Å²) in [5, 5.41) is 0. The summed E-state index contributed by atoms with van der Waals surface area (Å²) in [5.74, 6) is -0.198. The molecule has 0 spiro atoms. The smallest absolute Gasteiger partial charge is 0.313 e. The quantitative estimate of drug-likeness (QED) is 0.825. The molecular formula is C14H17N3O2. The van der Waals surface area contributed by atoms with Gasteiger partial charge in [-0.05, 0) is 30.5 Å². The van der Waals surface area contributed by atoms with Gasteiger partial charge in [-0.2, -0.15) is 0 Å². The van der Waals surface area contributed by atoms with Crippen LogP contribution >= 0.6 is 0 Å². The van der Waals surface area contributed by atoms with Gasteiger partial charge in [0.2, 0.25) is 0 Å². The average molecular weight is 259 g/mol. The Morgan fingerprint density at radius 1 is 1.53 bits per heavy atom. The summed E-state index contributed by atoms with van der Waals surface area (Å²) in [6.45, 7) is 0. The van der Waals surface area contributed by atoms with Crippen LogP contribution in [0.5, 0.6) is 0 Å². The number of benzene rings is 1. The molecule has 2 aromatic rings. The van der Waals surface area contributed by atoms with Crippen molar-refractivity contribution in [2.75, 3.05) is 7.11 Å². The molecule has 1 aliphatic rings. The zero-order valence-corrected chi connectivity index (χ0v) is 10.8. The van der Waals surface area contributed by atoms with Gasteiger partial charge >= 0.3 is 5.97 Å². The first kappa shape index (κ1) is 12.2. The molecule has 3 N–H and O–H groups in total. The number of rotatable bonds is 3. The summed E-state index contributed by atoms with van der Waals surface area (Å²) >= 11 is 0. The maximum Gasteiger partial charge on any atom is 0.313 e. The number of ether oxygens (including phenoxy) is 1. The topological polar surface area (TPSA) is 81.0 Å². The van der Waals surface area contributed by atoms with E-state index >= 15 is 0 Å². The third kappa shape index (κ3) is 1.73. The monoisotopic (exact) mass is 259 g/mol. The molecular weight excluding hydrogens is 242 g/mol. The number of nitrogens with one attached hydrogen (secondary N) is 1. The van der Waals surface area contributed by atoms with Gasteiger partial charge in [0, 0.05) is 6.04 Å². The lowest BCUT2D eigenvalue weighted by Gasteiger charge is -2.43. The molecule has 19 heavy (non-hydrogen) atoms. The number of aromatic nitrogens is 2. The molecule has 1 aliphatic carbocycles. The van der Waals surface area contributed by atoms with Crippen molar-refractivity contribution in [2.45, 2.75) is 25.3 Å². The van der Waals surface area contributed by atoms with Crippen molar-refractivity contribution < 1.29 is 9.53 Å². The molecule has 5 nitrogen and oxygen atoms in total. The number of carbonyl (C=O) groups excluding carboxylic acids is 1. The standard InChI is InChI=1S/C14H17N3O2/c1-19-13(18)14(5-2-6-14)12(15)9-3-4-10-11(7-9)17-8-16-10/h3-4,7-8,12H,2,5-6,15H2,1H3,(H,16,17). The van der Waals surface area contributed by atoms with Crippen molar-refractivity contribution in [1.29, 1.82) is 0 Å². The molecule has 5 heteroatoms. The van der Waals surface area contributed by atoms with E-state index in [1.165, 1.54) is 7.11 Å². The van der Waals surface area contributed by atoms with Crippen molar-refractivity contribution in [3.8, 4) is 0 Å². The second kappa shape index (κ2) is 4.35. The van der Waals surface area contributed by atoms with Crippen LogP contribution < -0.4 is 5.73 Å². The second-order valence-electron chi connectivity index (χ2n) is 5.16. The van der Waals surface area contributed by atoms with E-state index in [0.29, 0.717) is 0 Å². The van der Waals surface area contributed by atoms with E-state index in [1.54, 1.807) is 6.33 Å². The number of hydrogen-bond acceptors (Lipinski definition) is 4. The van der Waals surface area contributed by atoms with E-state index in [-0.39, 0.29) is 12.0 Å². The van der Waals surface area contributed by atoms with Gasteiger partial charge in [-0.25, -0.2) is 4.98 Å². The molecule has 1 aromatic heterocycles. The summed E-state index contributed by atoms with van der Waals surface area (Å²) in [7, 11) is 1.42. The van der Waals surface area contributed by atoms with Crippen LogP contribution in [0.1, 0.15) is 30.9 Å². The van der Waals surface area contributed by atoms with Gasteiger partial charge < -0.3 is 15.5 Å². The molecule has 0 amide bonds. The number of carbonyl (C=O) groups is 1. The Morgan fingerprint density at radius 3 is 2.95 bits per heavy atom. The Hall–Kier alpha value is -1.88. The Morgan fingerprint density at radius 2 is 2.32 bits per heavy atom. The number of fused-ring (bicyclic) bond motifs is 1. The predicted molar refractivity (Wildman–Crippen MR) is 71.3 cm³/mol. The number of nitrogens with zero attached hydrogens (tertiary/aromatic N) is 1. The normalized spacial score (nSPS) is 18.8. The minimum atomic E-state index is -0.553. The number of methoxy groups -OCH3 is 1. The molecule has 100 valence electrons. The Bertz CT molecular complexity index is 616. The van der Waals surface area contributed by atoms with Crippen LogP contribution in [-0.4, -0.2) is 23.0 Å². The zero-order chi connectivity index (χ0) is 13.5. The van der Waals surface area contributed by atoms with Gasteiger partial charge in [0.05, 0.1) is 29.9 Å². The molecule has 0 saturated heterocycles. The van der Waals surface area contributed by atoms with Crippen LogP contribution in [0.25, 0.3) is 11.0 Å². The fraction of sp³-hybridized carbons (Fsp3) is 0.429. The van der Waals surface area contributed by atoms with Crippen molar-refractivity contribution in [3.63, 3.8) is 0 Å². The molecule has 1 saturated carbocycles. The number of nitrogens with two attached hydrogens (primary N) is 1. The summed E-state index contributed by atoms with van der Waals surface area (Å²) in [4.78, 5) is 19.3. The first-order valence-electron chi connectivity index (χ1n) is 6.44. The van der Waals surface area contributed by atoms with Gasteiger partial charge in [-0.3, -0.25) is 4.79 Å². The van der Waals surface area contributed by atoms with Crippen LogP contribution in [0.3, 0.4) is 0 Å². The van der Waals surface area contributed by atoms with E-state index in [2.05, 4.69) is 9.97 Å². The van der Waals surface area contributed by atoms with Gasteiger partial charge in [0.25, 0.3) is 0 Å². The van der Waals surface area contributed by atoms with Crippen molar-refractivity contribution in [2.24, 2.45) is 11.1 Å². The third-order valence-electron chi connectivity index (χ3n) is 4.24. The lowest BCUT2D eigenvalue weighted by Crippen LogP contribution is -2.47. The summed E-state index contributed by atoms with van der Waals surface area (Å²) in [5.41, 5.74) is 8.57. The lowest BCUT2D eigenvalue weighted by atomic mass is 9.62. The minimum absolute atomic E-state index is 0.198. The highest BCUT2D eigenvalue weighted by molar-refractivity contribution is 5.80. The first-order valence-corrected chi connectivity index (χ1v) is 6.44. The zero-order valence-electron chi connectivity index (χ0n) is 10.8. The van der Waals surface area contributed by atoms with Crippen LogP contribution in [0, 0.1) is 5.41 Å². The average Bonchev–Trinajstić information content (AvgIpc) is 2.84. The van der Waals surface area contributed by atoms with Crippen LogP contribution in [0.4, 0.5) is 0 Å². The molecule has 1 aromatic carbocycles. The largest absolute Gasteiger partial charge is 0.469 e. The number of aromatic amines is 1. The van der Waals surface area contributed by atoms with Crippen molar-refractivity contribution >= 4 is 17.0 Å². The van der Waals surface area contributed by atoms with Gasteiger partial charge in [0.1, 0.15) is 0 Å². The molecule has 3 rings (SSSR count). The molecule has 1 fully saturated rings. The molecule has 0 aliphatic heterocycles.